The minimum atomic E-state index is -0.391. The third-order valence-corrected chi connectivity index (χ3v) is 3.82. The van der Waals surface area contributed by atoms with E-state index in [2.05, 4.69) is 17.4 Å². The van der Waals surface area contributed by atoms with Gasteiger partial charge in [-0.3, -0.25) is 4.79 Å². The molecule has 4 heteroatoms. The number of halogens is 1. The summed E-state index contributed by atoms with van der Waals surface area (Å²) in [5.74, 6) is -0.305. The molecule has 1 N–H and O–H groups in total. The minimum absolute atomic E-state index is 0.141. The lowest BCUT2D eigenvalue weighted by molar-refractivity contribution is -0.123. The molecule has 0 spiro atoms. The fraction of sp³-hybridized carbons (Fsp3) is 0.150. The van der Waals surface area contributed by atoms with Crippen LogP contribution in [0.25, 0.3) is 10.8 Å². The zero-order chi connectivity index (χ0) is 16.9. The first-order valence-electron chi connectivity index (χ1n) is 7.78. The number of rotatable bonds is 5. The molecular weight excluding hydrogens is 305 g/mol. The molecule has 0 radical (unpaired) electrons. The Balaban J connectivity index is 1.60. The molecule has 0 saturated carbocycles. The van der Waals surface area contributed by atoms with Crippen LogP contribution in [0.5, 0.6) is 5.75 Å². The van der Waals surface area contributed by atoms with E-state index in [1.807, 2.05) is 37.3 Å². The summed E-state index contributed by atoms with van der Waals surface area (Å²) in [5, 5.41) is 5.18. The fourth-order valence-electron chi connectivity index (χ4n) is 2.55. The minimum Gasteiger partial charge on any atom is -0.484 e. The Morgan fingerprint density at radius 3 is 2.62 bits per heavy atom. The van der Waals surface area contributed by atoms with Crippen molar-refractivity contribution in [3.63, 3.8) is 0 Å². The summed E-state index contributed by atoms with van der Waals surface area (Å²) in [4.78, 5) is 12.0. The van der Waals surface area contributed by atoms with Crippen LogP contribution in [-0.2, 0) is 4.79 Å². The summed E-state index contributed by atoms with van der Waals surface area (Å²) in [7, 11) is 0. The third-order valence-electron chi connectivity index (χ3n) is 3.82. The molecule has 3 rings (SSSR count). The van der Waals surface area contributed by atoms with Gasteiger partial charge in [0, 0.05) is 6.07 Å². The second-order valence-electron chi connectivity index (χ2n) is 5.64. The second kappa shape index (κ2) is 7.13. The van der Waals surface area contributed by atoms with Gasteiger partial charge in [0.1, 0.15) is 11.6 Å². The van der Waals surface area contributed by atoms with Crippen LogP contribution in [0.4, 0.5) is 4.39 Å². The van der Waals surface area contributed by atoms with Crippen molar-refractivity contribution in [1.82, 2.24) is 5.32 Å². The van der Waals surface area contributed by atoms with E-state index in [1.165, 1.54) is 12.1 Å². The number of hydrogen-bond acceptors (Lipinski definition) is 2. The van der Waals surface area contributed by atoms with Crippen molar-refractivity contribution in [3.05, 3.63) is 78.1 Å². The molecule has 0 aromatic heterocycles. The molecule has 1 atom stereocenters. The predicted octanol–water partition coefficient (Wildman–Crippen LogP) is 4.24. The van der Waals surface area contributed by atoms with Crippen LogP contribution < -0.4 is 10.1 Å². The Morgan fingerprint density at radius 1 is 1.04 bits per heavy atom. The molecule has 0 saturated heterocycles. The highest BCUT2D eigenvalue weighted by Crippen LogP contribution is 2.20. The van der Waals surface area contributed by atoms with Crippen LogP contribution in [0.1, 0.15) is 18.5 Å². The molecule has 3 nitrogen and oxygen atoms in total. The Labute approximate surface area is 140 Å². The summed E-state index contributed by atoms with van der Waals surface area (Å²) < 4.78 is 18.4. The van der Waals surface area contributed by atoms with Crippen molar-refractivity contribution in [2.45, 2.75) is 13.0 Å². The van der Waals surface area contributed by atoms with E-state index in [4.69, 9.17) is 4.74 Å². The van der Waals surface area contributed by atoms with Crippen molar-refractivity contribution in [2.75, 3.05) is 6.61 Å². The van der Waals surface area contributed by atoms with Gasteiger partial charge in [-0.05, 0) is 41.5 Å². The smallest absolute Gasteiger partial charge is 0.258 e. The highest BCUT2D eigenvalue weighted by molar-refractivity contribution is 5.83. The largest absolute Gasteiger partial charge is 0.484 e. The summed E-state index contributed by atoms with van der Waals surface area (Å²) >= 11 is 0. The van der Waals surface area contributed by atoms with Crippen molar-refractivity contribution in [3.8, 4) is 5.75 Å². The van der Waals surface area contributed by atoms with E-state index in [0.29, 0.717) is 5.75 Å². The number of amides is 1. The number of hydrogen-bond donors (Lipinski definition) is 1. The summed E-state index contributed by atoms with van der Waals surface area (Å²) in [6.45, 7) is 1.77. The number of benzene rings is 3. The topological polar surface area (TPSA) is 38.3 Å². The first-order valence-corrected chi connectivity index (χ1v) is 7.78. The van der Waals surface area contributed by atoms with Gasteiger partial charge in [0.25, 0.3) is 5.91 Å². The van der Waals surface area contributed by atoms with Crippen LogP contribution in [0.15, 0.2) is 66.7 Å². The zero-order valence-electron chi connectivity index (χ0n) is 13.3. The highest BCUT2D eigenvalue weighted by atomic mass is 19.1. The monoisotopic (exact) mass is 323 g/mol. The number of nitrogens with one attached hydrogen (secondary N) is 1. The molecule has 1 unspecified atom stereocenters. The van der Waals surface area contributed by atoms with Crippen LogP contribution in [-0.4, -0.2) is 12.5 Å². The number of fused-ring (bicyclic) bond motifs is 1. The Morgan fingerprint density at radius 2 is 1.83 bits per heavy atom. The Bertz CT molecular complexity index is 863. The normalized spacial score (nSPS) is 11.9. The molecule has 0 aliphatic rings. The second-order valence-corrected chi connectivity index (χ2v) is 5.64. The first kappa shape index (κ1) is 16.0. The third kappa shape index (κ3) is 3.90. The van der Waals surface area contributed by atoms with E-state index >= 15 is 0 Å². The molecule has 0 bridgehead atoms. The number of ether oxygens (including phenoxy) is 1. The molecule has 0 aliphatic heterocycles. The van der Waals surface area contributed by atoms with Gasteiger partial charge in [0.2, 0.25) is 0 Å². The van der Waals surface area contributed by atoms with E-state index < -0.39 is 5.82 Å². The van der Waals surface area contributed by atoms with Gasteiger partial charge in [0.15, 0.2) is 6.61 Å². The van der Waals surface area contributed by atoms with Gasteiger partial charge in [-0.2, -0.15) is 0 Å². The van der Waals surface area contributed by atoms with Gasteiger partial charge >= 0.3 is 0 Å². The van der Waals surface area contributed by atoms with E-state index in [-0.39, 0.29) is 18.6 Å². The van der Waals surface area contributed by atoms with E-state index in [0.717, 1.165) is 16.3 Å². The SMILES string of the molecule is CC(NC(=O)COc1cccc(F)c1)c1ccc2ccccc2c1. The first-order chi connectivity index (χ1) is 11.6. The van der Waals surface area contributed by atoms with Crippen LogP contribution >= 0.6 is 0 Å². The quantitative estimate of drug-likeness (QED) is 0.763. The van der Waals surface area contributed by atoms with Gasteiger partial charge < -0.3 is 10.1 Å². The Kier molecular flexibility index (Phi) is 4.75. The molecule has 1 amide bonds. The lowest BCUT2D eigenvalue weighted by Gasteiger charge is -2.15. The average molecular weight is 323 g/mol. The van der Waals surface area contributed by atoms with Crippen LogP contribution in [0.2, 0.25) is 0 Å². The highest BCUT2D eigenvalue weighted by Gasteiger charge is 2.11. The zero-order valence-corrected chi connectivity index (χ0v) is 13.3. The van der Waals surface area contributed by atoms with Crippen molar-refractivity contribution in [1.29, 1.82) is 0 Å². The van der Waals surface area contributed by atoms with Gasteiger partial charge in [-0.15, -0.1) is 0 Å². The van der Waals surface area contributed by atoms with Gasteiger partial charge in [-0.1, -0.05) is 42.5 Å². The van der Waals surface area contributed by atoms with Crippen molar-refractivity contribution in [2.24, 2.45) is 0 Å². The van der Waals surface area contributed by atoms with Crippen molar-refractivity contribution >= 4 is 16.7 Å². The standard InChI is InChI=1S/C20H18FNO2/c1-14(16-10-9-15-5-2-3-6-17(15)11-16)22-20(23)13-24-19-8-4-7-18(21)12-19/h2-12,14H,13H2,1H3,(H,22,23). The van der Waals surface area contributed by atoms with Gasteiger partial charge in [0.05, 0.1) is 6.04 Å². The molecule has 3 aromatic carbocycles. The summed E-state index contributed by atoms with van der Waals surface area (Å²) in [6.07, 6.45) is 0. The molecule has 0 fully saturated rings. The lowest BCUT2D eigenvalue weighted by Crippen LogP contribution is -2.31. The maximum Gasteiger partial charge on any atom is 0.258 e. The maximum absolute atomic E-state index is 13.1. The van der Waals surface area contributed by atoms with Gasteiger partial charge in [-0.25, -0.2) is 4.39 Å². The predicted molar refractivity (Wildman–Crippen MR) is 92.4 cm³/mol. The molecule has 0 aliphatic carbocycles. The summed E-state index contributed by atoms with van der Waals surface area (Å²) in [6, 6.07) is 19.8. The fourth-order valence-corrected chi connectivity index (χ4v) is 2.55. The summed E-state index contributed by atoms with van der Waals surface area (Å²) in [5.41, 5.74) is 1.02. The average Bonchev–Trinajstić information content (AvgIpc) is 2.59. The van der Waals surface area contributed by atoms with Crippen molar-refractivity contribution < 1.29 is 13.9 Å². The molecule has 122 valence electrons. The molecule has 3 aromatic rings. The van der Waals surface area contributed by atoms with E-state index in [1.54, 1.807) is 12.1 Å². The number of carbonyl (C=O) groups is 1. The maximum atomic E-state index is 13.1. The molecule has 24 heavy (non-hydrogen) atoms. The molecule has 0 heterocycles. The van der Waals surface area contributed by atoms with E-state index in [9.17, 15) is 9.18 Å². The van der Waals surface area contributed by atoms with Crippen LogP contribution in [0.3, 0.4) is 0 Å². The van der Waals surface area contributed by atoms with Crippen LogP contribution in [0, 0.1) is 5.82 Å². The lowest BCUT2D eigenvalue weighted by atomic mass is 10.0. The molecular formula is C20H18FNO2. The number of carbonyl (C=O) groups excluding carboxylic acids is 1. The Hall–Kier alpha value is -2.88.